The van der Waals surface area contributed by atoms with Crippen LogP contribution in [0.4, 0.5) is 4.79 Å². The topological polar surface area (TPSA) is 85.9 Å². The van der Waals surface area contributed by atoms with Crippen LogP contribution in [-0.2, 0) is 11.2 Å². The first-order valence-electron chi connectivity index (χ1n) is 9.44. The first kappa shape index (κ1) is 17.6. The number of aromatic hydroxyl groups is 1. The first-order valence-corrected chi connectivity index (χ1v) is 9.44. The largest absolute Gasteiger partial charge is 0.508 e. The number of hydrogen-bond donors (Lipinski definition) is 2. The second-order valence-electron chi connectivity index (χ2n) is 7.89. The fraction of sp³-hybridized carbons (Fsp3) is 0.273. The zero-order valence-electron chi connectivity index (χ0n) is 16.4. The summed E-state index contributed by atoms with van der Waals surface area (Å²) < 4.78 is 5.39. The number of hydrogen-bond acceptors (Lipinski definition) is 4. The summed E-state index contributed by atoms with van der Waals surface area (Å²) in [6, 6.07) is 11.7. The van der Waals surface area contributed by atoms with Gasteiger partial charge in [-0.1, -0.05) is 12.1 Å². The minimum absolute atomic E-state index is 0.112. The zero-order valence-corrected chi connectivity index (χ0v) is 16.4. The van der Waals surface area contributed by atoms with E-state index in [4.69, 9.17) is 4.74 Å². The number of nitrogens with zero attached hydrogens (tertiary/aromatic N) is 2. The standard InChI is InChI=1S/C22H21N3O4/c1-22-11-16-15-10-14(29-3)7-8-17(15)23-18(16)19(12-5-4-6-13(26)9-12)25(22)21(28)24(2)20(22)27/h4-10,19,23,26H,11H2,1-3H3. The van der Waals surface area contributed by atoms with E-state index in [9.17, 15) is 14.7 Å². The van der Waals surface area contributed by atoms with Crippen molar-refractivity contribution in [2.24, 2.45) is 0 Å². The van der Waals surface area contributed by atoms with E-state index < -0.39 is 11.6 Å². The maximum Gasteiger partial charge on any atom is 0.328 e. The molecule has 2 aromatic carbocycles. The number of imide groups is 1. The van der Waals surface area contributed by atoms with Crippen molar-refractivity contribution >= 4 is 22.8 Å². The lowest BCUT2D eigenvalue weighted by molar-refractivity contribution is -0.132. The van der Waals surface area contributed by atoms with Crippen molar-refractivity contribution < 1.29 is 19.4 Å². The Balaban J connectivity index is 1.82. The number of nitrogens with one attached hydrogen (secondary N) is 1. The zero-order chi connectivity index (χ0) is 20.5. The molecule has 2 unspecified atom stereocenters. The van der Waals surface area contributed by atoms with Crippen LogP contribution in [0, 0.1) is 0 Å². The minimum Gasteiger partial charge on any atom is -0.508 e. The van der Waals surface area contributed by atoms with Gasteiger partial charge in [0.25, 0.3) is 5.91 Å². The molecule has 5 rings (SSSR count). The van der Waals surface area contributed by atoms with Crippen LogP contribution in [0.1, 0.15) is 29.8 Å². The van der Waals surface area contributed by atoms with Crippen molar-refractivity contribution in [3.63, 3.8) is 0 Å². The highest BCUT2D eigenvalue weighted by Gasteiger charge is 2.59. The number of aromatic nitrogens is 1. The highest BCUT2D eigenvalue weighted by molar-refractivity contribution is 6.08. The molecule has 2 aliphatic rings. The van der Waals surface area contributed by atoms with Gasteiger partial charge in [0, 0.05) is 30.1 Å². The van der Waals surface area contributed by atoms with E-state index in [1.807, 2.05) is 31.2 Å². The van der Waals surface area contributed by atoms with E-state index in [1.54, 1.807) is 30.2 Å². The Bertz CT molecular complexity index is 1180. The van der Waals surface area contributed by atoms with Crippen LogP contribution in [0.3, 0.4) is 0 Å². The molecule has 2 aliphatic heterocycles. The van der Waals surface area contributed by atoms with Crippen molar-refractivity contribution in [1.29, 1.82) is 0 Å². The van der Waals surface area contributed by atoms with Gasteiger partial charge in [-0.25, -0.2) is 4.79 Å². The van der Waals surface area contributed by atoms with Crippen molar-refractivity contribution in [3.8, 4) is 11.5 Å². The molecule has 2 atom stereocenters. The molecule has 148 valence electrons. The number of phenolic OH excluding ortho intramolecular Hbond substituents is 1. The Morgan fingerprint density at radius 1 is 1.21 bits per heavy atom. The smallest absolute Gasteiger partial charge is 0.328 e. The van der Waals surface area contributed by atoms with Gasteiger partial charge in [0.05, 0.1) is 7.11 Å². The summed E-state index contributed by atoms with van der Waals surface area (Å²) in [5.74, 6) is 0.614. The predicted octanol–water partition coefficient (Wildman–Crippen LogP) is 3.18. The molecule has 0 aliphatic carbocycles. The number of ether oxygens (including phenoxy) is 1. The summed E-state index contributed by atoms with van der Waals surface area (Å²) in [6.07, 6.45) is 0.403. The van der Waals surface area contributed by atoms with Crippen LogP contribution in [0.25, 0.3) is 10.9 Å². The Morgan fingerprint density at radius 2 is 2.00 bits per heavy atom. The first-order chi connectivity index (χ1) is 13.8. The number of rotatable bonds is 2. The van der Waals surface area contributed by atoms with Crippen LogP contribution in [-0.4, -0.2) is 51.5 Å². The second-order valence-corrected chi connectivity index (χ2v) is 7.89. The van der Waals surface area contributed by atoms with Gasteiger partial charge in [0.2, 0.25) is 0 Å². The van der Waals surface area contributed by atoms with Gasteiger partial charge < -0.3 is 14.8 Å². The fourth-order valence-electron chi connectivity index (χ4n) is 4.76. The van der Waals surface area contributed by atoms with Crippen LogP contribution >= 0.6 is 0 Å². The fourth-order valence-corrected chi connectivity index (χ4v) is 4.76. The van der Waals surface area contributed by atoms with Crippen LogP contribution in [0.15, 0.2) is 42.5 Å². The molecule has 0 saturated carbocycles. The molecule has 1 aromatic heterocycles. The van der Waals surface area contributed by atoms with Crippen molar-refractivity contribution in [2.75, 3.05) is 14.2 Å². The van der Waals surface area contributed by atoms with Gasteiger partial charge in [-0.2, -0.15) is 0 Å². The van der Waals surface area contributed by atoms with Crippen LogP contribution in [0.2, 0.25) is 0 Å². The molecular weight excluding hydrogens is 370 g/mol. The molecule has 7 heteroatoms. The number of likely N-dealkylation sites (N-methyl/N-ethyl adjacent to an activating group) is 1. The Labute approximate surface area is 167 Å². The second kappa shape index (κ2) is 5.76. The lowest BCUT2D eigenvalue weighted by Gasteiger charge is -2.42. The number of amides is 3. The third-order valence-electron chi connectivity index (χ3n) is 6.17. The molecule has 3 amide bonds. The van der Waals surface area contributed by atoms with Crippen molar-refractivity contribution in [2.45, 2.75) is 24.9 Å². The van der Waals surface area contributed by atoms with E-state index in [0.717, 1.165) is 33.5 Å². The number of urea groups is 1. The summed E-state index contributed by atoms with van der Waals surface area (Å²) in [7, 11) is 3.14. The van der Waals surface area contributed by atoms with Crippen molar-refractivity contribution in [1.82, 2.24) is 14.8 Å². The van der Waals surface area contributed by atoms with E-state index in [2.05, 4.69) is 4.98 Å². The molecule has 0 bridgehead atoms. The number of phenols is 1. The van der Waals surface area contributed by atoms with E-state index in [-0.39, 0.29) is 17.7 Å². The summed E-state index contributed by atoms with van der Waals surface area (Å²) >= 11 is 0. The number of aromatic amines is 1. The molecule has 0 spiro atoms. The molecule has 7 nitrogen and oxygen atoms in total. The monoisotopic (exact) mass is 391 g/mol. The van der Waals surface area contributed by atoms with Crippen LogP contribution < -0.4 is 4.74 Å². The lowest BCUT2D eigenvalue weighted by atomic mass is 9.81. The van der Waals surface area contributed by atoms with E-state index >= 15 is 0 Å². The average molecular weight is 391 g/mol. The summed E-state index contributed by atoms with van der Waals surface area (Å²) in [4.78, 5) is 32.4. The molecule has 2 N–H and O–H groups in total. The van der Waals surface area contributed by atoms with Gasteiger partial charge in [-0.05, 0) is 48.4 Å². The van der Waals surface area contributed by atoms with E-state index in [0.29, 0.717) is 6.42 Å². The minimum atomic E-state index is -1.01. The predicted molar refractivity (Wildman–Crippen MR) is 107 cm³/mol. The molecule has 1 fully saturated rings. The normalized spacial score (nSPS) is 23.5. The molecular formula is C22H21N3O4. The average Bonchev–Trinajstić information content (AvgIpc) is 3.14. The highest BCUT2D eigenvalue weighted by atomic mass is 16.5. The number of fused-ring (bicyclic) bond motifs is 4. The van der Waals surface area contributed by atoms with Gasteiger partial charge in [-0.15, -0.1) is 0 Å². The van der Waals surface area contributed by atoms with Crippen LogP contribution in [0.5, 0.6) is 11.5 Å². The third-order valence-corrected chi connectivity index (χ3v) is 6.17. The number of H-pyrrole nitrogens is 1. The van der Waals surface area contributed by atoms with Crippen molar-refractivity contribution in [3.05, 3.63) is 59.3 Å². The molecule has 29 heavy (non-hydrogen) atoms. The number of carbonyl (C=O) groups is 2. The maximum atomic E-state index is 13.1. The summed E-state index contributed by atoms with van der Waals surface area (Å²) in [6.45, 7) is 1.81. The Hall–Kier alpha value is -3.48. The molecule has 3 heterocycles. The maximum absolute atomic E-state index is 13.1. The highest BCUT2D eigenvalue weighted by Crippen LogP contribution is 2.48. The van der Waals surface area contributed by atoms with Gasteiger partial charge in [0.1, 0.15) is 23.1 Å². The van der Waals surface area contributed by atoms with Gasteiger partial charge >= 0.3 is 6.03 Å². The van der Waals surface area contributed by atoms with E-state index in [1.165, 1.54) is 11.9 Å². The van der Waals surface area contributed by atoms with Gasteiger partial charge in [-0.3, -0.25) is 14.6 Å². The Morgan fingerprint density at radius 3 is 2.72 bits per heavy atom. The molecule has 1 saturated heterocycles. The Kier molecular flexibility index (Phi) is 3.50. The quantitative estimate of drug-likeness (QED) is 0.657. The number of carbonyl (C=O) groups excluding carboxylic acids is 2. The number of methoxy groups -OCH3 is 1. The summed E-state index contributed by atoms with van der Waals surface area (Å²) in [5, 5.41) is 11.0. The SMILES string of the molecule is COc1ccc2[nH]c3c(c2c1)CC1(C)C(=O)N(C)C(=O)N1C3c1cccc(O)c1. The number of benzene rings is 2. The third kappa shape index (κ3) is 2.24. The lowest BCUT2D eigenvalue weighted by Crippen LogP contribution is -2.53. The van der Waals surface area contributed by atoms with Gasteiger partial charge in [0.15, 0.2) is 0 Å². The molecule has 0 radical (unpaired) electrons. The molecule has 3 aromatic rings. The summed E-state index contributed by atoms with van der Waals surface area (Å²) in [5.41, 5.74) is 2.49.